The number of hydrogen-bond donors (Lipinski definition) is 2. The number of carbonyl (C=O) groups excluding carboxylic acids is 1. The Morgan fingerprint density at radius 2 is 1.87 bits per heavy atom. The molecule has 2 fully saturated rings. The highest BCUT2D eigenvalue weighted by Crippen LogP contribution is 2.46. The van der Waals surface area contributed by atoms with Crippen molar-refractivity contribution < 1.29 is 9.53 Å². The molecule has 3 N–H and O–H groups in total. The van der Waals surface area contributed by atoms with Crippen LogP contribution in [0.2, 0.25) is 0 Å². The molecule has 2 rings (SSSR count). The molecule has 2 aliphatic rings. The maximum Gasteiger partial charge on any atom is 0.240 e. The first kappa shape index (κ1) is 10.9. The van der Waals surface area contributed by atoms with Gasteiger partial charge in [-0.3, -0.25) is 10.2 Å². The number of nitrogens with one attached hydrogen (secondary N) is 1. The summed E-state index contributed by atoms with van der Waals surface area (Å²) in [4.78, 5) is 12.0. The van der Waals surface area contributed by atoms with Crippen molar-refractivity contribution in [1.82, 2.24) is 5.43 Å². The minimum absolute atomic E-state index is 0.0256. The zero-order valence-electron chi connectivity index (χ0n) is 9.13. The van der Waals surface area contributed by atoms with Crippen LogP contribution in [-0.2, 0) is 9.53 Å². The summed E-state index contributed by atoms with van der Waals surface area (Å²) < 4.78 is 5.36. The van der Waals surface area contributed by atoms with Gasteiger partial charge in [-0.1, -0.05) is 12.8 Å². The van der Waals surface area contributed by atoms with E-state index in [2.05, 4.69) is 5.43 Å². The van der Waals surface area contributed by atoms with E-state index in [9.17, 15) is 4.79 Å². The molecule has 4 heteroatoms. The second-order valence-electron chi connectivity index (χ2n) is 4.72. The Balaban J connectivity index is 2.16. The number of hydrazine groups is 1. The summed E-state index contributed by atoms with van der Waals surface area (Å²) in [6.07, 6.45) is 6.53. The number of rotatable bonds is 2. The Hall–Kier alpha value is -0.610. The molecule has 1 aliphatic carbocycles. The fraction of sp³-hybridized carbons (Fsp3) is 0.909. The average molecular weight is 212 g/mol. The Morgan fingerprint density at radius 3 is 2.40 bits per heavy atom. The Morgan fingerprint density at radius 1 is 1.27 bits per heavy atom. The third-order valence-corrected chi connectivity index (χ3v) is 4.10. The van der Waals surface area contributed by atoms with Gasteiger partial charge in [-0.05, 0) is 31.6 Å². The number of nitrogens with two attached hydrogens (primary N) is 1. The van der Waals surface area contributed by atoms with E-state index in [4.69, 9.17) is 10.6 Å². The molecule has 4 nitrogen and oxygen atoms in total. The first-order chi connectivity index (χ1) is 7.29. The molecule has 0 bridgehead atoms. The van der Waals surface area contributed by atoms with Crippen LogP contribution in [0.5, 0.6) is 0 Å². The van der Waals surface area contributed by atoms with Gasteiger partial charge in [0.25, 0.3) is 0 Å². The predicted molar refractivity (Wildman–Crippen MR) is 56.8 cm³/mol. The standard InChI is InChI=1S/C11H20N2O2/c12-13-10(14)11(5-7-15-8-6-11)9-3-1-2-4-9/h9H,1-8,12H2,(H,13,14). The Kier molecular flexibility index (Phi) is 3.26. The van der Waals surface area contributed by atoms with Gasteiger partial charge in [0.2, 0.25) is 5.91 Å². The van der Waals surface area contributed by atoms with Crippen LogP contribution in [0.1, 0.15) is 38.5 Å². The first-order valence-corrected chi connectivity index (χ1v) is 5.88. The minimum atomic E-state index is -0.233. The molecule has 0 spiro atoms. The summed E-state index contributed by atoms with van der Waals surface area (Å²) in [5, 5.41) is 0. The van der Waals surface area contributed by atoms with Crippen molar-refractivity contribution in [3.8, 4) is 0 Å². The van der Waals surface area contributed by atoms with Gasteiger partial charge in [-0.2, -0.15) is 0 Å². The highest BCUT2D eigenvalue weighted by Gasteiger charge is 2.46. The SMILES string of the molecule is NNC(=O)C1(C2CCCC2)CCOCC1. The molecule has 0 atom stereocenters. The van der Waals surface area contributed by atoms with Crippen LogP contribution >= 0.6 is 0 Å². The molecule has 1 saturated heterocycles. The Labute approximate surface area is 90.5 Å². The van der Waals surface area contributed by atoms with Crippen LogP contribution in [-0.4, -0.2) is 19.1 Å². The van der Waals surface area contributed by atoms with Crippen molar-refractivity contribution in [3.63, 3.8) is 0 Å². The summed E-state index contributed by atoms with van der Waals surface area (Å²) in [5.74, 6) is 5.86. The van der Waals surface area contributed by atoms with Crippen LogP contribution in [0.25, 0.3) is 0 Å². The van der Waals surface area contributed by atoms with Crippen molar-refractivity contribution >= 4 is 5.91 Å². The monoisotopic (exact) mass is 212 g/mol. The minimum Gasteiger partial charge on any atom is -0.381 e. The van der Waals surface area contributed by atoms with Crippen LogP contribution in [0.4, 0.5) is 0 Å². The maximum atomic E-state index is 12.0. The third-order valence-electron chi connectivity index (χ3n) is 4.10. The molecule has 0 aromatic carbocycles. The highest BCUT2D eigenvalue weighted by atomic mass is 16.5. The second kappa shape index (κ2) is 4.49. The van der Waals surface area contributed by atoms with Gasteiger partial charge in [-0.25, -0.2) is 5.84 Å². The van der Waals surface area contributed by atoms with Crippen molar-refractivity contribution in [1.29, 1.82) is 0 Å². The topological polar surface area (TPSA) is 64.3 Å². The third kappa shape index (κ3) is 1.88. The molecule has 86 valence electrons. The van der Waals surface area contributed by atoms with Crippen LogP contribution in [0.15, 0.2) is 0 Å². The van der Waals surface area contributed by atoms with E-state index >= 15 is 0 Å². The summed E-state index contributed by atoms with van der Waals surface area (Å²) >= 11 is 0. The van der Waals surface area contributed by atoms with Gasteiger partial charge in [-0.15, -0.1) is 0 Å². The van der Waals surface area contributed by atoms with Gasteiger partial charge in [0, 0.05) is 13.2 Å². The number of ether oxygens (including phenoxy) is 1. The van der Waals surface area contributed by atoms with Gasteiger partial charge in [0.1, 0.15) is 0 Å². The number of hydrogen-bond acceptors (Lipinski definition) is 3. The Bertz CT molecular complexity index is 231. The lowest BCUT2D eigenvalue weighted by molar-refractivity contribution is -0.141. The predicted octanol–water partition coefficient (Wildman–Crippen LogP) is 0.963. The molecule has 1 heterocycles. The van der Waals surface area contributed by atoms with Crippen molar-refractivity contribution in [3.05, 3.63) is 0 Å². The molecule has 0 radical (unpaired) electrons. The zero-order chi connectivity index (χ0) is 10.7. The van der Waals surface area contributed by atoms with Gasteiger partial charge in [0.15, 0.2) is 0 Å². The molecular formula is C11H20N2O2. The fourth-order valence-electron chi connectivity index (χ4n) is 3.18. The molecule has 1 amide bonds. The summed E-state index contributed by atoms with van der Waals surface area (Å²) in [7, 11) is 0. The van der Waals surface area contributed by atoms with E-state index < -0.39 is 0 Å². The number of carbonyl (C=O) groups is 1. The summed E-state index contributed by atoms with van der Waals surface area (Å²) in [5.41, 5.74) is 2.13. The van der Waals surface area contributed by atoms with Gasteiger partial charge >= 0.3 is 0 Å². The molecule has 0 unspecified atom stereocenters. The zero-order valence-corrected chi connectivity index (χ0v) is 9.13. The van der Waals surface area contributed by atoms with Gasteiger partial charge < -0.3 is 4.74 Å². The lowest BCUT2D eigenvalue weighted by Gasteiger charge is -2.40. The van der Waals surface area contributed by atoms with Gasteiger partial charge in [0.05, 0.1) is 5.41 Å². The highest BCUT2D eigenvalue weighted by molar-refractivity contribution is 5.82. The normalized spacial score (nSPS) is 26.5. The quantitative estimate of drug-likeness (QED) is 0.407. The molecule has 0 aromatic heterocycles. The second-order valence-corrected chi connectivity index (χ2v) is 4.72. The lowest BCUT2D eigenvalue weighted by atomic mass is 9.68. The molecule has 1 aliphatic heterocycles. The van der Waals surface area contributed by atoms with Crippen LogP contribution in [0.3, 0.4) is 0 Å². The van der Waals surface area contributed by atoms with Crippen molar-refractivity contribution in [2.45, 2.75) is 38.5 Å². The smallest absolute Gasteiger partial charge is 0.240 e. The molecular weight excluding hydrogens is 192 g/mol. The lowest BCUT2D eigenvalue weighted by Crippen LogP contribution is -2.50. The maximum absolute atomic E-state index is 12.0. The van der Waals surface area contributed by atoms with Crippen molar-refractivity contribution in [2.24, 2.45) is 17.2 Å². The van der Waals surface area contributed by atoms with Crippen LogP contribution < -0.4 is 11.3 Å². The fourth-order valence-corrected chi connectivity index (χ4v) is 3.18. The largest absolute Gasteiger partial charge is 0.381 e. The average Bonchev–Trinajstić information content (AvgIpc) is 2.83. The van der Waals surface area contributed by atoms with E-state index in [0.29, 0.717) is 19.1 Å². The number of amides is 1. The van der Waals surface area contributed by atoms with Crippen molar-refractivity contribution in [2.75, 3.05) is 13.2 Å². The molecule has 0 aromatic rings. The van der Waals surface area contributed by atoms with E-state index in [0.717, 1.165) is 12.8 Å². The molecule has 15 heavy (non-hydrogen) atoms. The first-order valence-electron chi connectivity index (χ1n) is 5.88. The molecule has 1 saturated carbocycles. The van der Waals surface area contributed by atoms with E-state index in [-0.39, 0.29) is 11.3 Å². The van der Waals surface area contributed by atoms with E-state index in [1.54, 1.807) is 0 Å². The van der Waals surface area contributed by atoms with E-state index in [1.165, 1.54) is 25.7 Å². The summed E-state index contributed by atoms with van der Waals surface area (Å²) in [6, 6.07) is 0. The van der Waals surface area contributed by atoms with E-state index in [1.807, 2.05) is 0 Å². The van der Waals surface area contributed by atoms with Crippen LogP contribution in [0, 0.1) is 11.3 Å². The summed E-state index contributed by atoms with van der Waals surface area (Å²) in [6.45, 7) is 1.40.